The number of halogens is 1. The van der Waals surface area contributed by atoms with Crippen molar-refractivity contribution in [1.29, 1.82) is 0 Å². The summed E-state index contributed by atoms with van der Waals surface area (Å²) >= 11 is 6.07. The lowest BCUT2D eigenvalue weighted by atomic mass is 9.91. The Hall–Kier alpha value is -2.66. The average molecular weight is 379 g/mol. The predicted molar refractivity (Wildman–Crippen MR) is 104 cm³/mol. The number of hydrogen-bond acceptors (Lipinski definition) is 3. The first kappa shape index (κ1) is 16.5. The van der Waals surface area contributed by atoms with E-state index in [2.05, 4.69) is 22.2 Å². The molecule has 5 rings (SSSR count). The molecule has 0 saturated heterocycles. The molecule has 0 spiro atoms. The zero-order chi connectivity index (χ0) is 18.4. The van der Waals surface area contributed by atoms with Crippen LogP contribution in [0.25, 0.3) is 0 Å². The van der Waals surface area contributed by atoms with Crippen molar-refractivity contribution in [1.82, 2.24) is 14.8 Å². The van der Waals surface area contributed by atoms with Gasteiger partial charge in [0.15, 0.2) is 0 Å². The van der Waals surface area contributed by atoms with Crippen LogP contribution in [-0.4, -0.2) is 20.7 Å². The third kappa shape index (κ3) is 2.92. The van der Waals surface area contributed by atoms with E-state index < -0.39 is 0 Å². The van der Waals surface area contributed by atoms with Gasteiger partial charge in [-0.25, -0.2) is 4.68 Å². The van der Waals surface area contributed by atoms with Gasteiger partial charge < -0.3 is 0 Å². The Morgan fingerprint density at radius 2 is 1.67 bits per heavy atom. The van der Waals surface area contributed by atoms with E-state index in [0.29, 0.717) is 11.0 Å². The fraction of sp³-hybridized carbons (Fsp3) is 0.286. The van der Waals surface area contributed by atoms with E-state index >= 15 is 0 Å². The van der Waals surface area contributed by atoms with E-state index in [4.69, 9.17) is 11.6 Å². The monoisotopic (exact) mass is 378 g/mol. The second kappa shape index (κ2) is 6.50. The second-order valence-corrected chi connectivity index (χ2v) is 7.65. The van der Waals surface area contributed by atoms with Gasteiger partial charge in [-0.1, -0.05) is 54.1 Å². The van der Waals surface area contributed by atoms with Crippen molar-refractivity contribution in [3.05, 3.63) is 77.1 Å². The molecule has 1 saturated carbocycles. The van der Waals surface area contributed by atoms with Crippen LogP contribution in [0.15, 0.2) is 60.9 Å². The van der Waals surface area contributed by atoms with Gasteiger partial charge in [0.05, 0.1) is 12.1 Å². The van der Waals surface area contributed by atoms with E-state index in [1.54, 1.807) is 6.33 Å². The molecular formula is C21H19ClN4O. The largest absolute Gasteiger partial charge is 0.274 e. The third-order valence-corrected chi connectivity index (χ3v) is 5.68. The molecule has 5 nitrogen and oxygen atoms in total. The highest BCUT2D eigenvalue weighted by atomic mass is 35.5. The van der Waals surface area contributed by atoms with Gasteiger partial charge >= 0.3 is 0 Å². The maximum absolute atomic E-state index is 13.1. The first-order valence-corrected chi connectivity index (χ1v) is 9.63. The first-order chi connectivity index (χ1) is 13.2. The van der Waals surface area contributed by atoms with Crippen molar-refractivity contribution in [3.8, 4) is 0 Å². The van der Waals surface area contributed by atoms with Crippen LogP contribution in [0.1, 0.15) is 42.5 Å². The van der Waals surface area contributed by atoms with Crippen molar-refractivity contribution in [3.63, 3.8) is 0 Å². The number of benzene rings is 2. The predicted octanol–water partition coefficient (Wildman–Crippen LogP) is 4.41. The number of aromatic nitrogens is 3. The summed E-state index contributed by atoms with van der Waals surface area (Å²) < 4.78 is 1.88. The number of carbonyl (C=O) groups is 1. The van der Waals surface area contributed by atoms with Gasteiger partial charge in [0.25, 0.3) is 0 Å². The van der Waals surface area contributed by atoms with E-state index in [1.807, 2.05) is 52.0 Å². The number of amides is 1. The van der Waals surface area contributed by atoms with E-state index in [9.17, 15) is 4.79 Å². The minimum atomic E-state index is -0.0586. The highest BCUT2D eigenvalue weighted by molar-refractivity contribution is 6.30. The molecule has 27 heavy (non-hydrogen) atoms. The van der Waals surface area contributed by atoms with Crippen molar-refractivity contribution in [2.45, 2.75) is 31.3 Å². The van der Waals surface area contributed by atoms with Crippen molar-refractivity contribution in [2.24, 2.45) is 5.92 Å². The van der Waals surface area contributed by atoms with Crippen LogP contribution >= 0.6 is 11.6 Å². The summed E-state index contributed by atoms with van der Waals surface area (Å²) in [7, 11) is 0. The van der Waals surface area contributed by atoms with Crippen LogP contribution in [0.3, 0.4) is 0 Å². The standard InChI is InChI=1S/C21H19ClN4O/c22-17-10-8-15(9-11-17)19-12-18(14-4-2-1-3-5-14)25(20(27)16-6-7-16)21-23-13-24-26(19)21/h1-5,8-11,13,16,18-19H,6-7,12H2/t18-,19-/m0/s1. The molecular weight excluding hydrogens is 360 g/mol. The van der Waals surface area contributed by atoms with Crippen LogP contribution in [0.2, 0.25) is 5.02 Å². The lowest BCUT2D eigenvalue weighted by Crippen LogP contribution is -2.43. The SMILES string of the molecule is O=C(C1CC1)N1c2ncnn2[C@H](c2ccc(Cl)cc2)C[C@H]1c1ccccc1. The second-order valence-electron chi connectivity index (χ2n) is 7.22. The summed E-state index contributed by atoms with van der Waals surface area (Å²) in [5.41, 5.74) is 2.24. The average Bonchev–Trinajstić information content (AvgIpc) is 3.44. The Kier molecular flexibility index (Phi) is 3.97. The zero-order valence-electron chi connectivity index (χ0n) is 14.7. The lowest BCUT2D eigenvalue weighted by molar-refractivity contribution is -0.120. The molecule has 136 valence electrons. The van der Waals surface area contributed by atoms with Crippen LogP contribution in [0, 0.1) is 5.92 Å². The molecule has 3 aromatic rings. The van der Waals surface area contributed by atoms with Gasteiger partial charge in [-0.3, -0.25) is 9.69 Å². The topological polar surface area (TPSA) is 51.0 Å². The number of hydrogen-bond donors (Lipinski definition) is 0. The molecule has 0 radical (unpaired) electrons. The van der Waals surface area contributed by atoms with Crippen molar-refractivity contribution < 1.29 is 4.79 Å². The van der Waals surface area contributed by atoms with Gasteiger partial charge in [-0.05, 0) is 42.5 Å². The molecule has 0 N–H and O–H groups in total. The normalized spacial score (nSPS) is 21.7. The summed E-state index contributed by atoms with van der Waals surface area (Å²) in [6.45, 7) is 0. The summed E-state index contributed by atoms with van der Waals surface area (Å²) in [5, 5.41) is 5.16. The minimum absolute atomic E-state index is 0.00762. The van der Waals surface area contributed by atoms with Crippen LogP contribution in [0.5, 0.6) is 0 Å². The summed E-state index contributed by atoms with van der Waals surface area (Å²) in [6, 6.07) is 18.0. The molecule has 2 aromatic carbocycles. The molecule has 0 unspecified atom stereocenters. The van der Waals surface area contributed by atoms with Crippen LogP contribution < -0.4 is 4.90 Å². The number of fused-ring (bicyclic) bond motifs is 1. The van der Waals surface area contributed by atoms with Crippen molar-refractivity contribution >= 4 is 23.5 Å². The number of anilines is 1. The Morgan fingerprint density at radius 3 is 2.37 bits per heavy atom. The number of carbonyl (C=O) groups excluding carboxylic acids is 1. The molecule has 1 aliphatic heterocycles. The first-order valence-electron chi connectivity index (χ1n) is 9.25. The summed E-state index contributed by atoms with van der Waals surface area (Å²) in [6.07, 6.45) is 4.22. The highest BCUT2D eigenvalue weighted by Crippen LogP contribution is 2.44. The molecule has 2 atom stereocenters. The zero-order valence-corrected chi connectivity index (χ0v) is 15.5. The van der Waals surface area contributed by atoms with Gasteiger partial charge in [0.2, 0.25) is 11.9 Å². The third-order valence-electron chi connectivity index (χ3n) is 5.43. The van der Waals surface area contributed by atoms with Gasteiger partial charge in [0, 0.05) is 10.9 Å². The lowest BCUT2D eigenvalue weighted by Gasteiger charge is -2.39. The van der Waals surface area contributed by atoms with Crippen LogP contribution in [-0.2, 0) is 4.79 Å². The molecule has 1 aliphatic carbocycles. The Morgan fingerprint density at radius 1 is 0.963 bits per heavy atom. The van der Waals surface area contributed by atoms with Crippen molar-refractivity contribution in [2.75, 3.05) is 4.90 Å². The summed E-state index contributed by atoms with van der Waals surface area (Å²) in [4.78, 5) is 19.5. The molecule has 2 aliphatic rings. The molecule has 1 aromatic heterocycles. The smallest absolute Gasteiger partial charge is 0.233 e. The van der Waals surface area contributed by atoms with Gasteiger partial charge in [-0.2, -0.15) is 10.1 Å². The van der Waals surface area contributed by atoms with Crippen LogP contribution in [0.4, 0.5) is 5.95 Å². The van der Waals surface area contributed by atoms with Gasteiger partial charge in [0.1, 0.15) is 6.33 Å². The van der Waals surface area contributed by atoms with E-state index in [-0.39, 0.29) is 23.9 Å². The Balaban J connectivity index is 1.62. The molecule has 1 fully saturated rings. The fourth-order valence-electron chi connectivity index (χ4n) is 3.89. The number of nitrogens with zero attached hydrogens (tertiary/aromatic N) is 4. The summed E-state index contributed by atoms with van der Waals surface area (Å²) in [5.74, 6) is 0.910. The maximum Gasteiger partial charge on any atom is 0.233 e. The molecule has 0 bridgehead atoms. The van der Waals surface area contributed by atoms with E-state index in [0.717, 1.165) is 30.4 Å². The molecule has 6 heteroatoms. The fourth-order valence-corrected chi connectivity index (χ4v) is 4.02. The molecule has 1 amide bonds. The molecule has 2 heterocycles. The van der Waals surface area contributed by atoms with E-state index in [1.165, 1.54) is 0 Å². The Labute approximate surface area is 162 Å². The minimum Gasteiger partial charge on any atom is -0.274 e. The quantitative estimate of drug-likeness (QED) is 0.678. The maximum atomic E-state index is 13.1. The van der Waals surface area contributed by atoms with Gasteiger partial charge in [-0.15, -0.1) is 0 Å². The highest BCUT2D eigenvalue weighted by Gasteiger charge is 2.44. The number of rotatable bonds is 3. The Bertz CT molecular complexity index is 965.